The number of nitrogens with zero attached hydrogens (tertiary/aromatic N) is 3. The van der Waals surface area contributed by atoms with Gasteiger partial charge in [-0.05, 0) is 42.5 Å². The number of halogens is 1. The summed E-state index contributed by atoms with van der Waals surface area (Å²) in [6, 6.07) is 6.29. The fourth-order valence-electron chi connectivity index (χ4n) is 2.85. The topological polar surface area (TPSA) is 67.3 Å². The van der Waals surface area contributed by atoms with Crippen LogP contribution in [0, 0.1) is 5.82 Å². The average molecular weight is 358 g/mol. The summed E-state index contributed by atoms with van der Waals surface area (Å²) in [6.45, 7) is 3.59. The van der Waals surface area contributed by atoms with Crippen LogP contribution in [0.4, 0.5) is 9.18 Å². The number of urea groups is 1. The third kappa shape index (κ3) is 4.91. The van der Waals surface area contributed by atoms with E-state index in [0.29, 0.717) is 25.6 Å². The molecule has 1 N–H and O–H groups in total. The minimum absolute atomic E-state index is 0.118. The second kappa shape index (κ2) is 8.60. The maximum absolute atomic E-state index is 12.9. The Balaban J connectivity index is 1.50. The summed E-state index contributed by atoms with van der Waals surface area (Å²) in [5.41, 5.74) is 1.91. The fraction of sp³-hybridized carbons (Fsp3) is 0.421. The van der Waals surface area contributed by atoms with Crippen molar-refractivity contribution < 1.29 is 13.9 Å². The first-order valence-corrected chi connectivity index (χ1v) is 8.89. The first kappa shape index (κ1) is 18.1. The molecule has 1 fully saturated rings. The van der Waals surface area contributed by atoms with Gasteiger partial charge in [0.1, 0.15) is 11.9 Å². The summed E-state index contributed by atoms with van der Waals surface area (Å²) in [4.78, 5) is 22.5. The minimum Gasteiger partial charge on any atom is -0.458 e. The van der Waals surface area contributed by atoms with Gasteiger partial charge in [-0.2, -0.15) is 0 Å². The number of aromatic nitrogens is 2. The van der Waals surface area contributed by atoms with E-state index in [-0.39, 0.29) is 18.0 Å². The summed E-state index contributed by atoms with van der Waals surface area (Å²) in [5, 5.41) is 2.87. The van der Waals surface area contributed by atoms with Crippen LogP contribution in [0.1, 0.15) is 30.9 Å². The first-order valence-electron chi connectivity index (χ1n) is 8.89. The predicted molar refractivity (Wildman–Crippen MR) is 95.3 cm³/mol. The normalized spacial score (nSPS) is 17.0. The number of benzene rings is 1. The van der Waals surface area contributed by atoms with Crippen molar-refractivity contribution in [1.29, 1.82) is 0 Å². The predicted octanol–water partition coefficient (Wildman–Crippen LogP) is 2.93. The van der Waals surface area contributed by atoms with Crippen LogP contribution in [0.3, 0.4) is 0 Å². The molecule has 0 radical (unpaired) electrons. The molecule has 0 spiro atoms. The quantitative estimate of drug-likeness (QED) is 0.892. The molecule has 0 saturated carbocycles. The van der Waals surface area contributed by atoms with E-state index < -0.39 is 0 Å². The zero-order valence-corrected chi connectivity index (χ0v) is 14.8. The summed E-state index contributed by atoms with van der Waals surface area (Å²) in [5.74, 6) is -0.287. The average Bonchev–Trinajstić information content (AvgIpc) is 2.68. The highest BCUT2D eigenvalue weighted by Gasteiger charge is 2.25. The van der Waals surface area contributed by atoms with Gasteiger partial charge in [0.05, 0.1) is 6.54 Å². The zero-order valence-electron chi connectivity index (χ0n) is 14.8. The Bertz CT molecular complexity index is 721. The van der Waals surface area contributed by atoms with Gasteiger partial charge in [-0.3, -0.25) is 0 Å². The molecule has 2 heterocycles. The third-order valence-electron chi connectivity index (χ3n) is 4.38. The lowest BCUT2D eigenvalue weighted by molar-refractivity contribution is 0.0937. The van der Waals surface area contributed by atoms with Crippen molar-refractivity contribution in [2.75, 3.05) is 13.1 Å². The molecular weight excluding hydrogens is 335 g/mol. The van der Waals surface area contributed by atoms with Gasteiger partial charge in [0.2, 0.25) is 0 Å². The lowest BCUT2D eigenvalue weighted by Crippen LogP contribution is -2.48. The standard InChI is InChI=1S/C19H23FN4O2/c1-2-14-10-21-18(22-11-14)26-17-4-3-9-24(13-17)19(25)23-12-15-5-7-16(20)8-6-15/h5-8,10-11,17H,2-4,9,12-13H2,1H3,(H,23,25). The second-order valence-corrected chi connectivity index (χ2v) is 6.34. The molecule has 1 atom stereocenters. The molecule has 138 valence electrons. The number of hydrogen-bond donors (Lipinski definition) is 1. The van der Waals surface area contributed by atoms with Crippen molar-refractivity contribution in [1.82, 2.24) is 20.2 Å². The number of nitrogens with one attached hydrogen (secondary N) is 1. The Hall–Kier alpha value is -2.70. The number of carbonyl (C=O) groups is 1. The Morgan fingerprint density at radius 3 is 2.69 bits per heavy atom. The monoisotopic (exact) mass is 358 g/mol. The summed E-state index contributed by atoms with van der Waals surface area (Å²) in [6.07, 6.45) is 6.01. The summed E-state index contributed by atoms with van der Waals surface area (Å²) in [7, 11) is 0. The number of amides is 2. The third-order valence-corrected chi connectivity index (χ3v) is 4.38. The second-order valence-electron chi connectivity index (χ2n) is 6.34. The molecule has 1 saturated heterocycles. The van der Waals surface area contributed by atoms with Crippen LogP contribution >= 0.6 is 0 Å². The number of hydrogen-bond acceptors (Lipinski definition) is 4. The van der Waals surface area contributed by atoms with Gasteiger partial charge in [-0.1, -0.05) is 19.1 Å². The molecule has 3 rings (SSSR count). The number of ether oxygens (including phenoxy) is 1. The molecule has 26 heavy (non-hydrogen) atoms. The van der Waals surface area contributed by atoms with Crippen molar-refractivity contribution >= 4 is 6.03 Å². The highest BCUT2D eigenvalue weighted by molar-refractivity contribution is 5.74. The molecular formula is C19H23FN4O2. The van der Waals surface area contributed by atoms with E-state index in [4.69, 9.17) is 4.74 Å². The lowest BCUT2D eigenvalue weighted by atomic mass is 10.1. The van der Waals surface area contributed by atoms with Gasteiger partial charge in [0, 0.05) is 25.5 Å². The van der Waals surface area contributed by atoms with Crippen LogP contribution in [-0.2, 0) is 13.0 Å². The molecule has 1 aliphatic rings. The smallest absolute Gasteiger partial charge is 0.317 e. The summed E-state index contributed by atoms with van der Waals surface area (Å²) >= 11 is 0. The van der Waals surface area contributed by atoms with Crippen LogP contribution in [0.25, 0.3) is 0 Å². The van der Waals surface area contributed by atoms with Gasteiger partial charge >= 0.3 is 12.0 Å². The van der Waals surface area contributed by atoms with Crippen molar-refractivity contribution in [2.45, 2.75) is 38.8 Å². The Morgan fingerprint density at radius 2 is 2.00 bits per heavy atom. The van der Waals surface area contributed by atoms with E-state index in [1.165, 1.54) is 12.1 Å². The minimum atomic E-state index is -0.287. The van der Waals surface area contributed by atoms with Crippen LogP contribution in [0.15, 0.2) is 36.7 Å². The van der Waals surface area contributed by atoms with E-state index in [1.54, 1.807) is 29.4 Å². The van der Waals surface area contributed by atoms with Gasteiger partial charge in [-0.25, -0.2) is 19.2 Å². The Morgan fingerprint density at radius 1 is 1.27 bits per heavy atom. The van der Waals surface area contributed by atoms with Gasteiger partial charge in [0.15, 0.2) is 0 Å². The molecule has 2 amide bonds. The molecule has 1 unspecified atom stereocenters. The van der Waals surface area contributed by atoms with E-state index in [2.05, 4.69) is 15.3 Å². The largest absolute Gasteiger partial charge is 0.458 e. The molecule has 0 bridgehead atoms. The maximum atomic E-state index is 12.9. The Kier molecular flexibility index (Phi) is 5.99. The van der Waals surface area contributed by atoms with Crippen molar-refractivity contribution in [3.05, 3.63) is 53.6 Å². The molecule has 1 aromatic carbocycles. The molecule has 1 aromatic heterocycles. The van der Waals surface area contributed by atoms with E-state index in [1.807, 2.05) is 6.92 Å². The van der Waals surface area contributed by atoms with Crippen LogP contribution in [0.2, 0.25) is 0 Å². The fourth-order valence-corrected chi connectivity index (χ4v) is 2.85. The number of aryl methyl sites for hydroxylation is 1. The maximum Gasteiger partial charge on any atom is 0.317 e. The highest BCUT2D eigenvalue weighted by atomic mass is 19.1. The lowest BCUT2D eigenvalue weighted by Gasteiger charge is -2.32. The molecule has 0 aliphatic carbocycles. The molecule has 7 heteroatoms. The van der Waals surface area contributed by atoms with Crippen LogP contribution in [0.5, 0.6) is 6.01 Å². The van der Waals surface area contributed by atoms with Crippen molar-refractivity contribution in [3.63, 3.8) is 0 Å². The van der Waals surface area contributed by atoms with Crippen LogP contribution in [-0.4, -0.2) is 40.1 Å². The number of carbonyl (C=O) groups excluding carboxylic acids is 1. The molecule has 1 aliphatic heterocycles. The van der Waals surface area contributed by atoms with E-state index in [9.17, 15) is 9.18 Å². The Labute approximate surface area is 152 Å². The number of rotatable bonds is 5. The summed E-state index contributed by atoms with van der Waals surface area (Å²) < 4.78 is 18.7. The number of piperidine rings is 1. The molecule has 6 nitrogen and oxygen atoms in total. The first-order chi connectivity index (χ1) is 12.6. The van der Waals surface area contributed by atoms with E-state index in [0.717, 1.165) is 30.4 Å². The van der Waals surface area contributed by atoms with Gasteiger partial charge in [0.25, 0.3) is 0 Å². The van der Waals surface area contributed by atoms with Crippen molar-refractivity contribution in [2.24, 2.45) is 0 Å². The zero-order chi connectivity index (χ0) is 18.4. The van der Waals surface area contributed by atoms with E-state index >= 15 is 0 Å². The number of likely N-dealkylation sites (tertiary alicyclic amines) is 1. The van der Waals surface area contributed by atoms with Gasteiger partial charge < -0.3 is 15.0 Å². The SMILES string of the molecule is CCc1cnc(OC2CCCN(C(=O)NCc3ccc(F)cc3)C2)nc1. The highest BCUT2D eigenvalue weighted by Crippen LogP contribution is 2.16. The van der Waals surface area contributed by atoms with Gasteiger partial charge in [-0.15, -0.1) is 0 Å². The molecule has 2 aromatic rings. The van der Waals surface area contributed by atoms with Crippen molar-refractivity contribution in [3.8, 4) is 6.01 Å². The van der Waals surface area contributed by atoms with Crippen LogP contribution < -0.4 is 10.1 Å².